The lowest BCUT2D eigenvalue weighted by Gasteiger charge is -2.19. The number of benzene rings is 2. The van der Waals surface area contributed by atoms with E-state index in [0.29, 0.717) is 18.0 Å². The van der Waals surface area contributed by atoms with Gasteiger partial charge in [-0.05, 0) is 53.1 Å². The van der Waals surface area contributed by atoms with E-state index in [9.17, 15) is 9.59 Å². The third-order valence-electron chi connectivity index (χ3n) is 4.46. The van der Waals surface area contributed by atoms with Gasteiger partial charge in [0.05, 0.1) is 5.69 Å². The average Bonchev–Trinajstić information content (AvgIpc) is 2.78. The molecular weight excluding hydrogens is 378 g/mol. The number of para-hydroxylation sites is 2. The summed E-state index contributed by atoms with van der Waals surface area (Å²) in [5.74, 6) is 0.376. The van der Waals surface area contributed by atoms with Gasteiger partial charge in [0.25, 0.3) is 5.91 Å². The minimum absolute atomic E-state index is 0.177. The van der Waals surface area contributed by atoms with Crippen molar-refractivity contribution in [2.75, 3.05) is 5.32 Å². The highest BCUT2D eigenvalue weighted by Crippen LogP contribution is 2.30. The fourth-order valence-corrected chi connectivity index (χ4v) is 2.88. The number of hydrogen-bond donors (Lipinski definition) is 2. The normalized spacial score (nSPS) is 14.1. The third kappa shape index (κ3) is 4.80. The fourth-order valence-electron chi connectivity index (χ4n) is 2.88. The second kappa shape index (κ2) is 8.87. The number of fused-ring (bicyclic) bond motifs is 1. The maximum atomic E-state index is 12.2. The Labute approximate surface area is 173 Å². The number of carbonyl (C=O) groups excluding carboxylic acids is 2. The first kappa shape index (κ1) is 19.1. The molecule has 148 valence electrons. The Balaban J connectivity index is 1.37. The molecule has 1 aromatic heterocycles. The number of carbonyl (C=O) groups is 2. The summed E-state index contributed by atoms with van der Waals surface area (Å²) < 4.78 is 5.70. The minimum atomic E-state index is -0.288. The van der Waals surface area contributed by atoms with E-state index in [0.717, 1.165) is 16.7 Å². The van der Waals surface area contributed by atoms with Gasteiger partial charge in [0.1, 0.15) is 0 Å². The van der Waals surface area contributed by atoms with Crippen molar-refractivity contribution < 1.29 is 14.3 Å². The van der Waals surface area contributed by atoms with Gasteiger partial charge >= 0.3 is 0 Å². The molecule has 1 aliphatic heterocycles. The Morgan fingerprint density at radius 3 is 2.53 bits per heavy atom. The van der Waals surface area contributed by atoms with E-state index in [4.69, 9.17) is 4.74 Å². The number of nitrogens with one attached hydrogen (secondary N) is 2. The monoisotopic (exact) mass is 397 g/mol. The number of hydrogen-bond acceptors (Lipinski definition) is 4. The molecule has 0 aliphatic carbocycles. The molecule has 6 nitrogen and oxygen atoms in total. The summed E-state index contributed by atoms with van der Waals surface area (Å²) in [6, 6.07) is 18.4. The smallest absolute Gasteiger partial charge is 0.291 e. The van der Waals surface area contributed by atoms with Crippen molar-refractivity contribution in [3.8, 4) is 5.75 Å². The zero-order valence-electron chi connectivity index (χ0n) is 16.0. The molecule has 1 aliphatic rings. The van der Waals surface area contributed by atoms with E-state index < -0.39 is 0 Å². The number of rotatable bonds is 5. The van der Waals surface area contributed by atoms with Gasteiger partial charge in [-0.1, -0.05) is 36.4 Å². The summed E-state index contributed by atoms with van der Waals surface area (Å²) in [4.78, 5) is 28.1. The first-order valence-electron chi connectivity index (χ1n) is 9.42. The van der Waals surface area contributed by atoms with Gasteiger partial charge in [-0.25, -0.2) is 0 Å². The molecule has 0 saturated carbocycles. The topological polar surface area (TPSA) is 80.3 Å². The van der Waals surface area contributed by atoms with Crippen LogP contribution in [0.5, 0.6) is 5.75 Å². The van der Waals surface area contributed by atoms with Crippen molar-refractivity contribution in [3.05, 3.63) is 102 Å². The average molecular weight is 397 g/mol. The molecule has 6 heteroatoms. The van der Waals surface area contributed by atoms with Gasteiger partial charge in [0.15, 0.2) is 11.5 Å². The van der Waals surface area contributed by atoms with Crippen molar-refractivity contribution in [2.24, 2.45) is 0 Å². The summed E-state index contributed by atoms with van der Waals surface area (Å²) >= 11 is 0. The van der Waals surface area contributed by atoms with E-state index in [1.165, 1.54) is 6.08 Å². The number of nitrogens with zero attached hydrogens (tertiary/aromatic N) is 1. The van der Waals surface area contributed by atoms with Crippen LogP contribution in [0.15, 0.2) is 84.9 Å². The molecule has 0 bridgehead atoms. The molecule has 4 rings (SSSR count). The van der Waals surface area contributed by atoms with E-state index in [1.807, 2.05) is 48.5 Å². The first-order chi connectivity index (χ1) is 14.7. The first-order valence-corrected chi connectivity index (χ1v) is 9.42. The van der Waals surface area contributed by atoms with Gasteiger partial charge in [-0.2, -0.15) is 0 Å². The van der Waals surface area contributed by atoms with Crippen LogP contribution >= 0.6 is 0 Å². The Morgan fingerprint density at radius 2 is 1.73 bits per heavy atom. The minimum Gasteiger partial charge on any atom is -0.449 e. The quantitative estimate of drug-likeness (QED) is 0.642. The van der Waals surface area contributed by atoms with Gasteiger partial charge in [-0.15, -0.1) is 0 Å². The highest BCUT2D eigenvalue weighted by molar-refractivity contribution is 6.08. The lowest BCUT2D eigenvalue weighted by Crippen LogP contribution is -2.23. The number of pyridine rings is 1. The molecule has 0 fully saturated rings. The van der Waals surface area contributed by atoms with Gasteiger partial charge in [0.2, 0.25) is 5.91 Å². The second-order valence-electron chi connectivity index (χ2n) is 6.63. The van der Waals surface area contributed by atoms with E-state index in [2.05, 4.69) is 15.6 Å². The maximum Gasteiger partial charge on any atom is 0.291 e. The Hall–Kier alpha value is -4.19. The Morgan fingerprint density at radius 1 is 1.00 bits per heavy atom. The van der Waals surface area contributed by atoms with Gasteiger partial charge in [-0.3, -0.25) is 14.6 Å². The van der Waals surface area contributed by atoms with Crippen molar-refractivity contribution in [2.45, 2.75) is 6.54 Å². The maximum absolute atomic E-state index is 12.2. The zero-order valence-corrected chi connectivity index (χ0v) is 16.0. The van der Waals surface area contributed by atoms with Crippen LogP contribution in [0.25, 0.3) is 12.2 Å². The fraction of sp³-hybridized carbons (Fsp3) is 0.0417. The summed E-state index contributed by atoms with van der Waals surface area (Å²) in [6.45, 7) is 0.448. The molecular formula is C24H19N3O3. The third-order valence-corrected chi connectivity index (χ3v) is 4.46. The molecule has 2 heterocycles. The molecule has 2 amide bonds. The van der Waals surface area contributed by atoms with Crippen molar-refractivity contribution in [1.29, 1.82) is 0 Å². The lowest BCUT2D eigenvalue weighted by molar-refractivity contribution is -0.116. The largest absolute Gasteiger partial charge is 0.449 e. The molecule has 0 spiro atoms. The SMILES string of the molecule is O=C(/C=C/c1ccc(/C=C2\Oc3ccccc3NC2=O)cc1)NCc1ccncc1. The zero-order chi connectivity index (χ0) is 20.8. The highest BCUT2D eigenvalue weighted by Gasteiger charge is 2.21. The van der Waals surface area contributed by atoms with Crippen LogP contribution in [0.4, 0.5) is 5.69 Å². The predicted octanol–water partition coefficient (Wildman–Crippen LogP) is 3.78. The summed E-state index contributed by atoms with van der Waals surface area (Å²) in [6.07, 6.45) is 8.28. The van der Waals surface area contributed by atoms with E-state index in [-0.39, 0.29) is 17.6 Å². The van der Waals surface area contributed by atoms with Crippen molar-refractivity contribution >= 4 is 29.7 Å². The van der Waals surface area contributed by atoms with Crippen LogP contribution < -0.4 is 15.4 Å². The molecule has 3 aromatic rings. The lowest BCUT2D eigenvalue weighted by atomic mass is 10.1. The Bertz CT molecular complexity index is 1120. The van der Waals surface area contributed by atoms with Crippen LogP contribution in [0, 0.1) is 0 Å². The number of ether oxygens (including phenoxy) is 1. The molecule has 0 atom stereocenters. The van der Waals surface area contributed by atoms with Crippen LogP contribution in [0.3, 0.4) is 0 Å². The number of aromatic nitrogens is 1. The van der Waals surface area contributed by atoms with E-state index >= 15 is 0 Å². The molecule has 0 unspecified atom stereocenters. The summed E-state index contributed by atoms with van der Waals surface area (Å²) in [5.41, 5.74) is 3.33. The molecule has 0 radical (unpaired) electrons. The van der Waals surface area contributed by atoms with Crippen molar-refractivity contribution in [1.82, 2.24) is 10.3 Å². The Kier molecular flexibility index (Phi) is 5.66. The predicted molar refractivity (Wildman–Crippen MR) is 115 cm³/mol. The summed E-state index contributed by atoms with van der Waals surface area (Å²) in [5, 5.41) is 5.63. The molecule has 2 aromatic carbocycles. The van der Waals surface area contributed by atoms with Crippen LogP contribution in [-0.2, 0) is 16.1 Å². The van der Waals surface area contributed by atoms with Gasteiger partial charge < -0.3 is 15.4 Å². The molecule has 2 N–H and O–H groups in total. The molecule has 30 heavy (non-hydrogen) atoms. The summed E-state index contributed by atoms with van der Waals surface area (Å²) in [7, 11) is 0. The van der Waals surface area contributed by atoms with Crippen LogP contribution in [-0.4, -0.2) is 16.8 Å². The highest BCUT2D eigenvalue weighted by atomic mass is 16.5. The van der Waals surface area contributed by atoms with Crippen molar-refractivity contribution in [3.63, 3.8) is 0 Å². The van der Waals surface area contributed by atoms with Crippen LogP contribution in [0.1, 0.15) is 16.7 Å². The second-order valence-corrected chi connectivity index (χ2v) is 6.63. The number of amides is 2. The number of anilines is 1. The van der Waals surface area contributed by atoms with Crippen LogP contribution in [0.2, 0.25) is 0 Å². The van der Waals surface area contributed by atoms with E-state index in [1.54, 1.807) is 36.7 Å². The van der Waals surface area contributed by atoms with Gasteiger partial charge in [0, 0.05) is 25.0 Å². The standard InChI is InChI=1S/C24H19N3O3/c28-23(26-16-19-11-13-25-14-12-19)10-9-17-5-7-18(8-6-17)15-22-24(29)27-20-3-1-2-4-21(20)30-22/h1-15H,16H2,(H,26,28)(H,27,29)/b10-9+,22-15-. The molecule has 0 saturated heterocycles.